The van der Waals surface area contributed by atoms with Gasteiger partial charge in [-0.15, -0.1) is 0 Å². The summed E-state index contributed by atoms with van der Waals surface area (Å²) in [7, 11) is 3.48. The number of rotatable bonds is 5. The van der Waals surface area contributed by atoms with E-state index in [0.29, 0.717) is 37.5 Å². The lowest BCUT2D eigenvalue weighted by atomic mass is 9.96. The van der Waals surface area contributed by atoms with Crippen molar-refractivity contribution in [1.29, 1.82) is 0 Å². The number of nitrogens with zero attached hydrogens (tertiary/aromatic N) is 5. The fourth-order valence-electron chi connectivity index (χ4n) is 3.04. The van der Waals surface area contributed by atoms with E-state index < -0.39 is 5.60 Å². The maximum atomic E-state index is 12.3. The summed E-state index contributed by atoms with van der Waals surface area (Å²) in [6, 6.07) is 0. The first-order chi connectivity index (χ1) is 12.4. The van der Waals surface area contributed by atoms with Crippen molar-refractivity contribution < 1.29 is 14.4 Å². The molecule has 1 spiro atoms. The largest absolute Gasteiger partial charge is 0.387 e. The molecule has 2 aliphatic rings. The lowest BCUT2D eigenvalue weighted by Gasteiger charge is -2.22. The van der Waals surface area contributed by atoms with Crippen molar-refractivity contribution in [2.75, 3.05) is 33.7 Å². The van der Waals surface area contributed by atoms with Crippen molar-refractivity contribution >= 4 is 17.5 Å². The summed E-state index contributed by atoms with van der Waals surface area (Å²) >= 11 is 0. The van der Waals surface area contributed by atoms with Crippen molar-refractivity contribution in [3.05, 3.63) is 23.8 Å². The Hall–Kier alpha value is -2.55. The van der Waals surface area contributed by atoms with Crippen molar-refractivity contribution in [2.45, 2.75) is 31.9 Å². The Morgan fingerprint density at radius 2 is 2.15 bits per heavy atom. The molecule has 0 aromatic carbocycles. The van der Waals surface area contributed by atoms with E-state index in [4.69, 9.17) is 4.84 Å². The third-order valence-corrected chi connectivity index (χ3v) is 4.62. The first-order valence-electron chi connectivity index (χ1n) is 8.60. The van der Waals surface area contributed by atoms with Crippen LogP contribution in [0.3, 0.4) is 0 Å². The van der Waals surface area contributed by atoms with Gasteiger partial charge in [0, 0.05) is 46.2 Å². The summed E-state index contributed by atoms with van der Waals surface area (Å²) in [5, 5.41) is 6.79. The molecule has 140 valence electrons. The average Bonchev–Trinajstić information content (AvgIpc) is 3.21. The molecule has 0 radical (unpaired) electrons. The fourth-order valence-corrected chi connectivity index (χ4v) is 3.04. The molecule has 1 N–H and O–H groups in total. The topological polar surface area (TPSA) is 100 Å². The van der Waals surface area contributed by atoms with Crippen molar-refractivity contribution in [3.63, 3.8) is 0 Å². The Morgan fingerprint density at radius 3 is 2.85 bits per heavy atom. The summed E-state index contributed by atoms with van der Waals surface area (Å²) in [6.45, 7) is 3.85. The summed E-state index contributed by atoms with van der Waals surface area (Å²) in [4.78, 5) is 41.8. The van der Waals surface area contributed by atoms with E-state index in [9.17, 15) is 9.59 Å². The predicted octanol–water partition coefficient (Wildman–Crippen LogP) is -0.290. The van der Waals surface area contributed by atoms with Crippen LogP contribution in [-0.2, 0) is 21.0 Å². The van der Waals surface area contributed by atoms with Crippen molar-refractivity contribution in [2.24, 2.45) is 5.16 Å². The van der Waals surface area contributed by atoms with Crippen LogP contribution in [0.5, 0.6) is 0 Å². The van der Waals surface area contributed by atoms with Gasteiger partial charge in [-0.1, -0.05) is 5.16 Å². The molecule has 9 heteroatoms. The maximum Gasteiger partial charge on any atom is 0.269 e. The lowest BCUT2D eigenvalue weighted by molar-refractivity contribution is -0.129. The second kappa shape index (κ2) is 7.36. The number of carbonyl (C=O) groups excluding carboxylic acids is 2. The molecule has 3 rings (SSSR count). The van der Waals surface area contributed by atoms with Gasteiger partial charge in [-0.05, 0) is 6.92 Å². The number of hydrogen-bond acceptors (Lipinski definition) is 7. The molecule has 1 saturated heterocycles. The highest BCUT2D eigenvalue weighted by Gasteiger charge is 2.46. The second-order valence-corrected chi connectivity index (χ2v) is 7.07. The molecule has 26 heavy (non-hydrogen) atoms. The third-order valence-electron chi connectivity index (χ3n) is 4.62. The Kier molecular flexibility index (Phi) is 5.17. The molecule has 1 aromatic heterocycles. The maximum absolute atomic E-state index is 12.3. The number of nitrogens with one attached hydrogen (secondary N) is 1. The zero-order valence-electron chi connectivity index (χ0n) is 15.4. The summed E-state index contributed by atoms with van der Waals surface area (Å²) in [6.07, 6.45) is 4.50. The van der Waals surface area contributed by atoms with Crippen molar-refractivity contribution in [3.8, 4) is 0 Å². The molecule has 0 unspecified atom stereocenters. The fraction of sp³-hybridized carbons (Fsp3) is 0.588. The minimum absolute atomic E-state index is 0.0538. The highest BCUT2D eigenvalue weighted by Crippen LogP contribution is 2.33. The summed E-state index contributed by atoms with van der Waals surface area (Å²) in [5.41, 5.74) is 1.40. The molecule has 0 aliphatic carbocycles. The van der Waals surface area contributed by atoms with Gasteiger partial charge in [0.1, 0.15) is 5.71 Å². The minimum Gasteiger partial charge on any atom is -0.387 e. The van der Waals surface area contributed by atoms with Gasteiger partial charge in [-0.2, -0.15) is 0 Å². The minimum atomic E-state index is -0.497. The van der Waals surface area contributed by atoms with Gasteiger partial charge in [-0.25, -0.2) is 0 Å². The smallest absolute Gasteiger partial charge is 0.269 e. The van der Waals surface area contributed by atoms with Gasteiger partial charge in [0.15, 0.2) is 5.60 Å². The predicted molar refractivity (Wildman–Crippen MR) is 94.2 cm³/mol. The van der Waals surface area contributed by atoms with Gasteiger partial charge in [0.2, 0.25) is 5.91 Å². The lowest BCUT2D eigenvalue weighted by Crippen LogP contribution is -2.40. The van der Waals surface area contributed by atoms with E-state index in [-0.39, 0.29) is 11.8 Å². The Labute approximate surface area is 152 Å². The van der Waals surface area contributed by atoms with Crippen LogP contribution in [0.25, 0.3) is 0 Å². The Balaban J connectivity index is 1.49. The van der Waals surface area contributed by atoms with Crippen LogP contribution in [-0.4, -0.2) is 76.6 Å². The number of amides is 2. The molecule has 3 heterocycles. The molecular formula is C17H24N6O3. The highest BCUT2D eigenvalue weighted by atomic mass is 16.7. The highest BCUT2D eigenvalue weighted by molar-refractivity contribution is 6.39. The van der Waals surface area contributed by atoms with E-state index in [0.717, 1.165) is 18.7 Å². The number of carbonyl (C=O) groups is 2. The zero-order valence-corrected chi connectivity index (χ0v) is 15.4. The molecule has 0 saturated carbocycles. The van der Waals surface area contributed by atoms with E-state index in [1.165, 1.54) is 0 Å². The number of likely N-dealkylation sites (tertiary alicyclic amines) is 1. The van der Waals surface area contributed by atoms with Crippen LogP contribution in [0.1, 0.15) is 24.2 Å². The Morgan fingerprint density at radius 1 is 1.35 bits per heavy atom. The SMILES string of the molecule is Cc1cnc(CNC(=O)C2=NO[C@]3(CCN(CC(=O)N(C)C)C3)C2)cn1. The summed E-state index contributed by atoms with van der Waals surface area (Å²) < 4.78 is 0. The molecule has 2 aliphatic heterocycles. The number of likely N-dealkylation sites (N-methyl/N-ethyl adjacent to an activating group) is 1. The molecular weight excluding hydrogens is 336 g/mol. The van der Waals surface area contributed by atoms with Crippen LogP contribution in [0.2, 0.25) is 0 Å². The van der Waals surface area contributed by atoms with Gasteiger partial charge in [0.25, 0.3) is 5.91 Å². The first-order valence-corrected chi connectivity index (χ1v) is 8.60. The molecule has 1 atom stereocenters. The Bertz CT molecular complexity index is 718. The van der Waals surface area contributed by atoms with Crippen LogP contribution >= 0.6 is 0 Å². The number of aryl methyl sites for hydroxylation is 1. The molecule has 2 amide bonds. The number of aromatic nitrogens is 2. The first kappa shape index (κ1) is 18.2. The van der Waals surface area contributed by atoms with Crippen molar-refractivity contribution in [1.82, 2.24) is 25.1 Å². The van der Waals surface area contributed by atoms with Gasteiger partial charge in [0.05, 0.1) is 30.7 Å². The van der Waals surface area contributed by atoms with E-state index in [1.807, 2.05) is 11.8 Å². The van der Waals surface area contributed by atoms with E-state index in [2.05, 4.69) is 20.4 Å². The standard InChI is InChI=1S/C17H24N6O3/c1-12-7-19-13(8-18-12)9-20-16(25)14-6-17(26-21-14)4-5-23(11-17)10-15(24)22(2)3/h7-8H,4-6,9-11H2,1-3H3,(H,20,25)/t17-/m1/s1. The molecule has 1 aromatic rings. The normalized spacial score (nSPS) is 22.2. The quantitative estimate of drug-likeness (QED) is 0.775. The van der Waals surface area contributed by atoms with Crippen LogP contribution < -0.4 is 5.32 Å². The molecule has 9 nitrogen and oxygen atoms in total. The third kappa shape index (κ3) is 4.16. The van der Waals surface area contributed by atoms with Gasteiger partial charge < -0.3 is 15.1 Å². The van der Waals surface area contributed by atoms with Crippen LogP contribution in [0.15, 0.2) is 17.5 Å². The second-order valence-electron chi connectivity index (χ2n) is 7.07. The van der Waals surface area contributed by atoms with Crippen LogP contribution in [0.4, 0.5) is 0 Å². The monoisotopic (exact) mass is 360 g/mol. The van der Waals surface area contributed by atoms with E-state index >= 15 is 0 Å². The van der Waals surface area contributed by atoms with E-state index in [1.54, 1.807) is 31.4 Å². The van der Waals surface area contributed by atoms with Crippen LogP contribution in [0, 0.1) is 6.92 Å². The van der Waals surface area contributed by atoms with Gasteiger partial charge >= 0.3 is 0 Å². The molecule has 1 fully saturated rings. The number of oxime groups is 1. The molecule has 0 bridgehead atoms. The van der Waals surface area contributed by atoms with Gasteiger partial charge in [-0.3, -0.25) is 24.5 Å². The average molecular weight is 360 g/mol. The zero-order chi connectivity index (χ0) is 18.7. The number of hydrogen-bond donors (Lipinski definition) is 1. The summed E-state index contributed by atoms with van der Waals surface area (Å²) in [5.74, 6) is -0.204.